The molecule has 1 heterocycles. The van der Waals surface area contributed by atoms with Crippen LogP contribution in [0.2, 0.25) is 0 Å². The SMILES string of the molecule is NC(=NN=Cc1cccc([N+](=O)[O-])c1)SC1CC(=O)N(c2ccc(C(=O)O)cc2)C1=O. The summed E-state index contributed by atoms with van der Waals surface area (Å²) in [4.78, 5) is 47.1. The van der Waals surface area contributed by atoms with Gasteiger partial charge in [-0.1, -0.05) is 23.9 Å². The average molecular weight is 441 g/mol. The summed E-state index contributed by atoms with van der Waals surface area (Å²) in [5.41, 5.74) is 6.43. The zero-order valence-electron chi connectivity index (χ0n) is 15.7. The fraction of sp³-hybridized carbons (Fsp3) is 0.105. The Hall–Kier alpha value is -4.06. The van der Waals surface area contributed by atoms with E-state index < -0.39 is 28.0 Å². The van der Waals surface area contributed by atoms with Crippen LogP contribution in [0.1, 0.15) is 22.3 Å². The number of rotatable bonds is 6. The van der Waals surface area contributed by atoms with Crippen LogP contribution in [0.4, 0.5) is 11.4 Å². The maximum atomic E-state index is 12.6. The van der Waals surface area contributed by atoms with Crippen LogP contribution in [-0.2, 0) is 9.59 Å². The standard InChI is InChI=1S/C19H15N5O6S/c20-19(22-21-10-11-2-1-3-14(8-11)24(29)30)31-15-9-16(25)23(17(15)26)13-6-4-12(5-7-13)18(27)28/h1-8,10,15H,9H2,(H2,20,22)(H,27,28). The van der Waals surface area contributed by atoms with Crippen LogP contribution >= 0.6 is 11.8 Å². The van der Waals surface area contributed by atoms with E-state index in [4.69, 9.17) is 10.8 Å². The number of aromatic carboxylic acids is 1. The van der Waals surface area contributed by atoms with Crippen molar-refractivity contribution in [2.75, 3.05) is 4.90 Å². The summed E-state index contributed by atoms with van der Waals surface area (Å²) in [5, 5.41) is 26.4. The first-order valence-corrected chi connectivity index (χ1v) is 9.62. The Labute approximate surface area is 179 Å². The van der Waals surface area contributed by atoms with Crippen LogP contribution in [0.15, 0.2) is 58.7 Å². The highest BCUT2D eigenvalue weighted by molar-refractivity contribution is 8.14. The molecule has 1 unspecified atom stereocenters. The van der Waals surface area contributed by atoms with Crippen LogP contribution in [0.5, 0.6) is 0 Å². The van der Waals surface area contributed by atoms with E-state index in [1.54, 1.807) is 6.07 Å². The molecule has 158 valence electrons. The molecule has 1 atom stereocenters. The van der Waals surface area contributed by atoms with E-state index in [2.05, 4.69) is 10.2 Å². The van der Waals surface area contributed by atoms with E-state index in [9.17, 15) is 24.5 Å². The second-order valence-electron chi connectivity index (χ2n) is 6.26. The van der Waals surface area contributed by atoms with Crippen molar-refractivity contribution in [2.45, 2.75) is 11.7 Å². The number of carbonyl (C=O) groups excluding carboxylic acids is 2. The molecule has 1 fully saturated rings. The molecule has 2 amide bonds. The lowest BCUT2D eigenvalue weighted by Crippen LogP contribution is -2.31. The summed E-state index contributed by atoms with van der Waals surface area (Å²) >= 11 is 0.868. The highest BCUT2D eigenvalue weighted by Crippen LogP contribution is 2.30. The lowest BCUT2D eigenvalue weighted by molar-refractivity contribution is -0.384. The van der Waals surface area contributed by atoms with Crippen molar-refractivity contribution in [1.29, 1.82) is 0 Å². The van der Waals surface area contributed by atoms with Gasteiger partial charge in [-0.15, -0.1) is 5.10 Å². The molecule has 11 nitrogen and oxygen atoms in total. The zero-order chi connectivity index (χ0) is 22.5. The van der Waals surface area contributed by atoms with E-state index in [1.165, 1.54) is 48.7 Å². The van der Waals surface area contributed by atoms with Crippen LogP contribution in [0.25, 0.3) is 0 Å². The van der Waals surface area contributed by atoms with E-state index >= 15 is 0 Å². The predicted octanol–water partition coefficient (Wildman–Crippen LogP) is 2.01. The number of amidine groups is 1. The third-order valence-corrected chi connectivity index (χ3v) is 5.16. The largest absolute Gasteiger partial charge is 0.478 e. The topological polar surface area (TPSA) is 169 Å². The molecule has 12 heteroatoms. The van der Waals surface area contributed by atoms with Gasteiger partial charge in [-0.2, -0.15) is 5.10 Å². The molecule has 1 aliphatic rings. The van der Waals surface area contributed by atoms with Crippen LogP contribution < -0.4 is 10.6 Å². The summed E-state index contributed by atoms with van der Waals surface area (Å²) in [6.07, 6.45) is 1.17. The minimum absolute atomic E-state index is 0.0340. The first-order chi connectivity index (χ1) is 14.8. The van der Waals surface area contributed by atoms with Crippen LogP contribution in [0.3, 0.4) is 0 Å². The Balaban J connectivity index is 1.66. The van der Waals surface area contributed by atoms with Gasteiger partial charge < -0.3 is 10.8 Å². The van der Waals surface area contributed by atoms with Gasteiger partial charge in [-0.25, -0.2) is 9.69 Å². The number of carbonyl (C=O) groups is 3. The number of amides is 2. The molecule has 2 aromatic carbocycles. The fourth-order valence-corrected chi connectivity index (χ4v) is 3.58. The number of benzene rings is 2. The third-order valence-electron chi connectivity index (χ3n) is 4.18. The lowest BCUT2D eigenvalue weighted by atomic mass is 10.2. The lowest BCUT2D eigenvalue weighted by Gasteiger charge is -2.14. The van der Waals surface area contributed by atoms with Crippen LogP contribution in [-0.4, -0.2) is 44.4 Å². The van der Waals surface area contributed by atoms with Gasteiger partial charge in [-0.05, 0) is 24.3 Å². The van der Waals surface area contributed by atoms with Gasteiger partial charge in [0.15, 0.2) is 5.17 Å². The predicted molar refractivity (Wildman–Crippen MR) is 114 cm³/mol. The molecule has 0 aromatic heterocycles. The minimum Gasteiger partial charge on any atom is -0.478 e. The second-order valence-corrected chi connectivity index (χ2v) is 7.49. The van der Waals surface area contributed by atoms with Gasteiger partial charge in [-0.3, -0.25) is 19.7 Å². The molecule has 0 radical (unpaired) electrons. The average Bonchev–Trinajstić information content (AvgIpc) is 3.01. The molecule has 1 aliphatic heterocycles. The fourth-order valence-electron chi connectivity index (χ4n) is 2.76. The Kier molecular flexibility index (Phi) is 6.40. The summed E-state index contributed by atoms with van der Waals surface area (Å²) in [5.74, 6) is -2.06. The van der Waals surface area contributed by atoms with Crippen molar-refractivity contribution in [3.8, 4) is 0 Å². The Bertz CT molecular complexity index is 1120. The summed E-state index contributed by atoms with van der Waals surface area (Å²) in [7, 11) is 0. The Morgan fingerprint density at radius 2 is 1.97 bits per heavy atom. The molecular weight excluding hydrogens is 426 g/mol. The number of nitro groups is 1. The third kappa shape index (κ3) is 5.11. The first kappa shape index (κ1) is 21.6. The minimum atomic E-state index is -1.12. The highest BCUT2D eigenvalue weighted by Gasteiger charge is 2.40. The molecule has 31 heavy (non-hydrogen) atoms. The quantitative estimate of drug-likeness (QED) is 0.225. The summed E-state index contributed by atoms with van der Waals surface area (Å²) < 4.78 is 0. The molecule has 1 saturated heterocycles. The maximum Gasteiger partial charge on any atom is 0.335 e. The maximum absolute atomic E-state index is 12.6. The number of carboxylic acids is 1. The number of thioether (sulfide) groups is 1. The number of non-ortho nitro benzene ring substituents is 1. The number of anilines is 1. The van der Waals surface area contributed by atoms with Crippen molar-refractivity contribution >= 4 is 52.3 Å². The number of carboxylic acid groups (broad SMARTS) is 1. The van der Waals surface area contributed by atoms with E-state index in [1.807, 2.05) is 0 Å². The number of imide groups is 1. The molecular formula is C19H15N5O6S. The van der Waals surface area contributed by atoms with Gasteiger partial charge in [0.1, 0.15) is 5.25 Å². The van der Waals surface area contributed by atoms with Crippen molar-refractivity contribution < 1.29 is 24.4 Å². The number of hydrogen-bond acceptors (Lipinski definition) is 8. The Morgan fingerprint density at radius 3 is 2.61 bits per heavy atom. The molecule has 2 aromatic rings. The van der Waals surface area contributed by atoms with E-state index in [0.29, 0.717) is 5.56 Å². The van der Waals surface area contributed by atoms with Crippen molar-refractivity contribution in [3.05, 3.63) is 69.8 Å². The first-order valence-electron chi connectivity index (χ1n) is 8.74. The number of nitro benzene ring substituents is 1. The second kappa shape index (κ2) is 9.17. The normalized spacial score (nSPS) is 16.8. The number of nitrogens with two attached hydrogens (primary N) is 1. The van der Waals surface area contributed by atoms with Crippen molar-refractivity contribution in [3.63, 3.8) is 0 Å². The molecule has 3 N–H and O–H groups in total. The Morgan fingerprint density at radius 1 is 1.26 bits per heavy atom. The summed E-state index contributed by atoms with van der Waals surface area (Å²) in [6.45, 7) is 0. The van der Waals surface area contributed by atoms with E-state index in [-0.39, 0.29) is 28.5 Å². The smallest absolute Gasteiger partial charge is 0.335 e. The van der Waals surface area contributed by atoms with Gasteiger partial charge >= 0.3 is 5.97 Å². The van der Waals surface area contributed by atoms with Crippen molar-refractivity contribution in [2.24, 2.45) is 15.9 Å². The number of hydrogen-bond donors (Lipinski definition) is 2. The molecule has 0 saturated carbocycles. The van der Waals surface area contributed by atoms with Crippen LogP contribution in [0, 0.1) is 10.1 Å². The van der Waals surface area contributed by atoms with Gasteiger partial charge in [0.25, 0.3) is 5.69 Å². The molecule has 0 aliphatic carbocycles. The highest BCUT2D eigenvalue weighted by atomic mass is 32.2. The molecule has 0 spiro atoms. The van der Waals surface area contributed by atoms with E-state index in [0.717, 1.165) is 16.7 Å². The summed E-state index contributed by atoms with van der Waals surface area (Å²) in [6, 6.07) is 11.1. The number of nitrogens with zero attached hydrogens (tertiary/aromatic N) is 4. The van der Waals surface area contributed by atoms with Crippen molar-refractivity contribution in [1.82, 2.24) is 0 Å². The zero-order valence-corrected chi connectivity index (χ0v) is 16.6. The van der Waals surface area contributed by atoms with Gasteiger partial charge in [0.05, 0.1) is 22.4 Å². The monoisotopic (exact) mass is 441 g/mol. The van der Waals surface area contributed by atoms with Gasteiger partial charge in [0, 0.05) is 24.1 Å². The van der Waals surface area contributed by atoms with Gasteiger partial charge in [0.2, 0.25) is 11.8 Å². The molecule has 0 bridgehead atoms. The molecule has 3 rings (SSSR count).